The lowest BCUT2D eigenvalue weighted by Gasteiger charge is -2.14. The third-order valence-corrected chi connectivity index (χ3v) is 3.71. The summed E-state index contributed by atoms with van der Waals surface area (Å²) in [5.74, 6) is -0.426. The zero-order chi connectivity index (χ0) is 16.1. The molecule has 0 fully saturated rings. The molecular weight excluding hydrogens is 320 g/mol. The minimum atomic E-state index is -0.426. The maximum atomic E-state index is 11.7. The van der Waals surface area contributed by atoms with Crippen LogP contribution in [0.3, 0.4) is 0 Å². The van der Waals surface area contributed by atoms with Crippen LogP contribution < -0.4 is 10.6 Å². The van der Waals surface area contributed by atoms with Crippen LogP contribution in [0.25, 0.3) is 0 Å². The Labute approximate surface area is 139 Å². The molecule has 0 heterocycles. The van der Waals surface area contributed by atoms with Gasteiger partial charge in [0.2, 0.25) is 0 Å². The highest BCUT2D eigenvalue weighted by molar-refractivity contribution is 7.80. The Kier molecular flexibility index (Phi) is 5.35. The molecular formula is C16H15ClN2O2S. The molecule has 2 rings (SSSR count). The van der Waals surface area contributed by atoms with Gasteiger partial charge in [-0.25, -0.2) is 4.79 Å². The fraction of sp³-hybridized carbons (Fsp3) is 0.125. The van der Waals surface area contributed by atoms with Crippen LogP contribution in [-0.4, -0.2) is 18.2 Å². The van der Waals surface area contributed by atoms with E-state index in [0.717, 1.165) is 11.3 Å². The molecule has 0 saturated carbocycles. The monoisotopic (exact) mass is 334 g/mol. The number of ether oxygens (including phenoxy) is 1. The van der Waals surface area contributed by atoms with Gasteiger partial charge in [-0.05, 0) is 49.0 Å². The van der Waals surface area contributed by atoms with Crippen LogP contribution in [0.15, 0.2) is 42.5 Å². The van der Waals surface area contributed by atoms with Gasteiger partial charge >= 0.3 is 5.97 Å². The van der Waals surface area contributed by atoms with E-state index in [2.05, 4.69) is 10.6 Å². The second-order valence-electron chi connectivity index (χ2n) is 4.53. The number of para-hydroxylation sites is 1. The van der Waals surface area contributed by atoms with Crippen LogP contribution >= 0.6 is 23.8 Å². The van der Waals surface area contributed by atoms with Crippen molar-refractivity contribution >= 4 is 46.3 Å². The van der Waals surface area contributed by atoms with E-state index in [9.17, 15) is 4.79 Å². The predicted molar refractivity (Wildman–Crippen MR) is 93.8 cm³/mol. The summed E-state index contributed by atoms with van der Waals surface area (Å²) in [4.78, 5) is 11.7. The summed E-state index contributed by atoms with van der Waals surface area (Å²) in [6.07, 6.45) is 0. The minimum absolute atomic E-state index is 0.363. The van der Waals surface area contributed by atoms with Gasteiger partial charge in [-0.15, -0.1) is 0 Å². The normalized spacial score (nSPS) is 9.95. The third kappa shape index (κ3) is 3.75. The lowest BCUT2D eigenvalue weighted by atomic mass is 10.2. The highest BCUT2D eigenvalue weighted by Crippen LogP contribution is 2.23. The Balaban J connectivity index is 2.16. The first kappa shape index (κ1) is 16.3. The summed E-state index contributed by atoms with van der Waals surface area (Å²) in [5.41, 5.74) is 2.69. The van der Waals surface area contributed by atoms with Crippen molar-refractivity contribution in [3.63, 3.8) is 0 Å². The number of hydrogen-bond acceptors (Lipinski definition) is 3. The van der Waals surface area contributed by atoms with Crippen molar-refractivity contribution in [1.29, 1.82) is 0 Å². The number of methoxy groups -OCH3 is 1. The summed E-state index contributed by atoms with van der Waals surface area (Å²) >= 11 is 11.4. The SMILES string of the molecule is COC(=O)c1ccccc1NC(=S)Nc1cccc(Cl)c1C. The molecule has 22 heavy (non-hydrogen) atoms. The maximum Gasteiger partial charge on any atom is 0.339 e. The lowest BCUT2D eigenvalue weighted by Crippen LogP contribution is -2.21. The number of rotatable bonds is 3. The first-order valence-electron chi connectivity index (χ1n) is 6.53. The van der Waals surface area contributed by atoms with E-state index in [-0.39, 0.29) is 0 Å². The topological polar surface area (TPSA) is 50.4 Å². The van der Waals surface area contributed by atoms with Crippen molar-refractivity contribution in [3.8, 4) is 0 Å². The first-order chi connectivity index (χ1) is 10.5. The molecule has 0 saturated heterocycles. The van der Waals surface area contributed by atoms with Crippen molar-refractivity contribution in [2.75, 3.05) is 17.7 Å². The molecule has 0 unspecified atom stereocenters. The lowest BCUT2D eigenvalue weighted by molar-refractivity contribution is 0.0602. The first-order valence-corrected chi connectivity index (χ1v) is 7.32. The van der Waals surface area contributed by atoms with Crippen LogP contribution in [0.1, 0.15) is 15.9 Å². The fourth-order valence-electron chi connectivity index (χ4n) is 1.90. The smallest absolute Gasteiger partial charge is 0.339 e. The van der Waals surface area contributed by atoms with Crippen molar-refractivity contribution in [2.45, 2.75) is 6.92 Å². The number of thiocarbonyl (C=S) groups is 1. The van der Waals surface area contributed by atoms with Gasteiger partial charge in [-0.2, -0.15) is 0 Å². The molecule has 2 aromatic carbocycles. The van der Waals surface area contributed by atoms with Crippen LogP contribution in [0, 0.1) is 6.92 Å². The summed E-state index contributed by atoms with van der Waals surface area (Å²) in [5, 5.41) is 7.08. The zero-order valence-electron chi connectivity index (χ0n) is 12.1. The zero-order valence-corrected chi connectivity index (χ0v) is 13.7. The Morgan fingerprint density at radius 1 is 1.09 bits per heavy atom. The largest absolute Gasteiger partial charge is 0.465 e. The van der Waals surface area contributed by atoms with Crippen LogP contribution in [0.5, 0.6) is 0 Å². The highest BCUT2D eigenvalue weighted by atomic mass is 35.5. The molecule has 0 aromatic heterocycles. The van der Waals surface area contributed by atoms with Crippen molar-refractivity contribution < 1.29 is 9.53 Å². The predicted octanol–water partition coefficient (Wildman–Crippen LogP) is 4.24. The molecule has 0 amide bonds. The molecule has 0 radical (unpaired) electrons. The molecule has 0 spiro atoms. The van der Waals surface area contributed by atoms with Crippen molar-refractivity contribution in [2.24, 2.45) is 0 Å². The van der Waals surface area contributed by atoms with Crippen LogP contribution in [0.4, 0.5) is 11.4 Å². The fourth-order valence-corrected chi connectivity index (χ4v) is 2.29. The maximum absolute atomic E-state index is 11.7. The molecule has 114 valence electrons. The molecule has 0 aliphatic heterocycles. The molecule has 0 atom stereocenters. The van der Waals surface area contributed by atoms with Gasteiger partial charge in [0.15, 0.2) is 5.11 Å². The van der Waals surface area contributed by atoms with E-state index in [1.165, 1.54) is 7.11 Å². The number of anilines is 2. The molecule has 6 heteroatoms. The van der Waals surface area contributed by atoms with E-state index in [0.29, 0.717) is 21.4 Å². The van der Waals surface area contributed by atoms with Crippen LogP contribution in [-0.2, 0) is 4.74 Å². The van der Waals surface area contributed by atoms with Gasteiger partial charge in [0, 0.05) is 10.7 Å². The summed E-state index contributed by atoms with van der Waals surface area (Å²) in [7, 11) is 1.34. The number of carbonyl (C=O) groups excluding carboxylic acids is 1. The number of nitrogens with one attached hydrogen (secondary N) is 2. The quantitative estimate of drug-likeness (QED) is 0.649. The number of carbonyl (C=O) groups is 1. The average molecular weight is 335 g/mol. The van der Waals surface area contributed by atoms with E-state index in [1.807, 2.05) is 31.2 Å². The number of esters is 1. The Morgan fingerprint density at radius 3 is 2.45 bits per heavy atom. The number of benzene rings is 2. The van der Waals surface area contributed by atoms with Gasteiger partial charge in [-0.3, -0.25) is 0 Å². The summed E-state index contributed by atoms with van der Waals surface area (Å²) in [6.45, 7) is 1.90. The molecule has 2 N–H and O–H groups in total. The van der Waals surface area contributed by atoms with Gasteiger partial charge in [0.1, 0.15) is 0 Å². The van der Waals surface area contributed by atoms with Crippen molar-refractivity contribution in [3.05, 3.63) is 58.6 Å². The minimum Gasteiger partial charge on any atom is -0.465 e. The van der Waals surface area contributed by atoms with E-state index >= 15 is 0 Å². The van der Waals surface area contributed by atoms with E-state index < -0.39 is 5.97 Å². The summed E-state index contributed by atoms with van der Waals surface area (Å²) < 4.78 is 4.75. The van der Waals surface area contributed by atoms with Gasteiger partial charge in [-0.1, -0.05) is 29.8 Å². The Morgan fingerprint density at radius 2 is 1.73 bits per heavy atom. The molecule has 0 aliphatic carbocycles. The van der Waals surface area contributed by atoms with Gasteiger partial charge in [0.25, 0.3) is 0 Å². The third-order valence-electron chi connectivity index (χ3n) is 3.10. The number of halogens is 1. The van der Waals surface area contributed by atoms with Crippen LogP contribution in [0.2, 0.25) is 5.02 Å². The highest BCUT2D eigenvalue weighted by Gasteiger charge is 2.12. The average Bonchev–Trinajstić information content (AvgIpc) is 2.51. The number of hydrogen-bond donors (Lipinski definition) is 2. The molecule has 0 bridgehead atoms. The molecule has 2 aromatic rings. The second kappa shape index (κ2) is 7.24. The second-order valence-corrected chi connectivity index (χ2v) is 5.34. The standard InChI is InChI=1S/C16H15ClN2O2S/c1-10-12(17)7-5-9-13(10)18-16(22)19-14-8-4-3-6-11(14)15(20)21-2/h3-9H,1-2H3,(H2,18,19,22). The Bertz CT molecular complexity index is 719. The molecule has 4 nitrogen and oxygen atoms in total. The van der Waals surface area contributed by atoms with Gasteiger partial charge < -0.3 is 15.4 Å². The van der Waals surface area contributed by atoms with Crippen molar-refractivity contribution in [1.82, 2.24) is 0 Å². The Hall–Kier alpha value is -2.11. The van der Waals surface area contributed by atoms with E-state index in [4.69, 9.17) is 28.6 Å². The van der Waals surface area contributed by atoms with Gasteiger partial charge in [0.05, 0.1) is 18.4 Å². The summed E-state index contributed by atoms with van der Waals surface area (Å²) in [6, 6.07) is 12.5. The molecule has 0 aliphatic rings. The van der Waals surface area contributed by atoms with E-state index in [1.54, 1.807) is 18.2 Å².